The van der Waals surface area contributed by atoms with Crippen molar-refractivity contribution in [1.82, 2.24) is 10.6 Å². The standard InChI is InChI=1S/C9H20N2S/c1-4-5-6-7-8(2)11-9(12)10-3/h8H,4-7H2,1-3H3,(H2,10,11,12). The van der Waals surface area contributed by atoms with Crippen molar-refractivity contribution in [3.63, 3.8) is 0 Å². The van der Waals surface area contributed by atoms with Crippen LogP contribution in [0.2, 0.25) is 0 Å². The van der Waals surface area contributed by atoms with Gasteiger partial charge in [0, 0.05) is 13.1 Å². The molecule has 2 N–H and O–H groups in total. The predicted octanol–water partition coefficient (Wildman–Crippen LogP) is 2.05. The SMILES string of the molecule is CCCCCC(C)NC(=S)NC. The van der Waals surface area contributed by atoms with Gasteiger partial charge in [-0.05, 0) is 25.6 Å². The smallest absolute Gasteiger partial charge is 0.166 e. The lowest BCUT2D eigenvalue weighted by molar-refractivity contribution is 0.552. The molecular weight excluding hydrogens is 168 g/mol. The molecule has 3 heteroatoms. The van der Waals surface area contributed by atoms with E-state index in [9.17, 15) is 0 Å². The molecule has 1 atom stereocenters. The average molecular weight is 188 g/mol. The van der Waals surface area contributed by atoms with E-state index in [0.29, 0.717) is 6.04 Å². The highest BCUT2D eigenvalue weighted by atomic mass is 32.1. The Balaban J connectivity index is 3.32. The lowest BCUT2D eigenvalue weighted by Crippen LogP contribution is -2.38. The number of thiocarbonyl (C=S) groups is 1. The zero-order valence-corrected chi connectivity index (χ0v) is 9.13. The molecule has 12 heavy (non-hydrogen) atoms. The summed E-state index contributed by atoms with van der Waals surface area (Å²) in [6, 6.07) is 0.497. The lowest BCUT2D eigenvalue weighted by Gasteiger charge is -2.14. The van der Waals surface area contributed by atoms with E-state index >= 15 is 0 Å². The molecule has 0 aliphatic heterocycles. The van der Waals surface area contributed by atoms with Gasteiger partial charge in [-0.1, -0.05) is 26.2 Å². The summed E-state index contributed by atoms with van der Waals surface area (Å²) in [6.07, 6.45) is 5.09. The number of nitrogens with one attached hydrogen (secondary N) is 2. The molecule has 0 spiro atoms. The molecule has 0 amide bonds. The molecule has 0 fully saturated rings. The van der Waals surface area contributed by atoms with Crippen LogP contribution in [0.5, 0.6) is 0 Å². The summed E-state index contributed by atoms with van der Waals surface area (Å²) in [5, 5.41) is 6.86. The molecule has 1 unspecified atom stereocenters. The molecule has 0 saturated heterocycles. The zero-order valence-electron chi connectivity index (χ0n) is 8.31. The highest BCUT2D eigenvalue weighted by Crippen LogP contribution is 2.02. The minimum Gasteiger partial charge on any atom is -0.366 e. The Morgan fingerprint density at radius 1 is 1.42 bits per heavy atom. The van der Waals surface area contributed by atoms with Crippen LogP contribution in [-0.2, 0) is 0 Å². The minimum atomic E-state index is 0.497. The van der Waals surface area contributed by atoms with Crippen LogP contribution in [0.4, 0.5) is 0 Å². The fourth-order valence-corrected chi connectivity index (χ4v) is 1.27. The van der Waals surface area contributed by atoms with E-state index in [-0.39, 0.29) is 0 Å². The molecule has 0 aromatic heterocycles. The molecule has 0 bridgehead atoms. The summed E-state index contributed by atoms with van der Waals surface area (Å²) >= 11 is 4.99. The number of rotatable bonds is 5. The van der Waals surface area contributed by atoms with Gasteiger partial charge in [0.2, 0.25) is 0 Å². The number of hydrogen-bond donors (Lipinski definition) is 2. The predicted molar refractivity (Wildman–Crippen MR) is 58.4 cm³/mol. The summed E-state index contributed by atoms with van der Waals surface area (Å²) in [5.41, 5.74) is 0. The monoisotopic (exact) mass is 188 g/mol. The van der Waals surface area contributed by atoms with Crippen LogP contribution in [0.1, 0.15) is 39.5 Å². The van der Waals surface area contributed by atoms with Crippen molar-refractivity contribution in [2.24, 2.45) is 0 Å². The number of unbranched alkanes of at least 4 members (excludes halogenated alkanes) is 2. The third-order valence-corrected chi connectivity index (χ3v) is 2.17. The molecule has 0 aromatic carbocycles. The first-order chi connectivity index (χ1) is 5.70. The Bertz CT molecular complexity index is 126. The average Bonchev–Trinajstić information content (AvgIpc) is 2.05. The molecule has 0 aliphatic rings. The van der Waals surface area contributed by atoms with E-state index in [1.54, 1.807) is 0 Å². The first-order valence-electron chi connectivity index (χ1n) is 4.69. The van der Waals surface area contributed by atoms with E-state index in [1.807, 2.05) is 7.05 Å². The van der Waals surface area contributed by atoms with Crippen molar-refractivity contribution in [1.29, 1.82) is 0 Å². The van der Waals surface area contributed by atoms with Crippen LogP contribution < -0.4 is 10.6 Å². The van der Waals surface area contributed by atoms with E-state index in [1.165, 1.54) is 25.7 Å². The molecule has 2 nitrogen and oxygen atoms in total. The highest BCUT2D eigenvalue weighted by Gasteiger charge is 2.01. The van der Waals surface area contributed by atoms with Crippen LogP contribution in [0, 0.1) is 0 Å². The van der Waals surface area contributed by atoms with Crippen LogP contribution in [-0.4, -0.2) is 18.2 Å². The zero-order chi connectivity index (χ0) is 9.40. The first-order valence-corrected chi connectivity index (χ1v) is 5.09. The summed E-state index contributed by atoms with van der Waals surface area (Å²) in [6.45, 7) is 4.38. The molecule has 0 rings (SSSR count). The fourth-order valence-electron chi connectivity index (χ4n) is 1.07. The molecular formula is C9H20N2S. The summed E-state index contributed by atoms with van der Waals surface area (Å²) < 4.78 is 0. The van der Waals surface area contributed by atoms with Crippen molar-refractivity contribution in [2.75, 3.05) is 7.05 Å². The van der Waals surface area contributed by atoms with Gasteiger partial charge in [0.1, 0.15) is 0 Å². The molecule has 0 aromatic rings. The molecule has 0 saturated carbocycles. The van der Waals surface area contributed by atoms with Gasteiger partial charge in [0.15, 0.2) is 5.11 Å². The minimum absolute atomic E-state index is 0.497. The van der Waals surface area contributed by atoms with Crippen LogP contribution in [0.15, 0.2) is 0 Å². The second-order valence-corrected chi connectivity index (χ2v) is 3.53. The van der Waals surface area contributed by atoms with E-state index < -0.39 is 0 Å². The van der Waals surface area contributed by atoms with Gasteiger partial charge in [-0.25, -0.2) is 0 Å². The Labute approximate surface area is 81.1 Å². The quantitative estimate of drug-likeness (QED) is 0.510. The molecule has 72 valence electrons. The maximum atomic E-state index is 4.99. The second kappa shape index (κ2) is 7.35. The molecule has 0 heterocycles. The van der Waals surface area contributed by atoms with E-state index in [4.69, 9.17) is 12.2 Å². The first kappa shape index (κ1) is 11.7. The molecule has 0 radical (unpaired) electrons. The van der Waals surface area contributed by atoms with Gasteiger partial charge in [0.25, 0.3) is 0 Å². The normalized spacial score (nSPS) is 12.2. The Morgan fingerprint density at radius 2 is 2.08 bits per heavy atom. The molecule has 0 aliphatic carbocycles. The third kappa shape index (κ3) is 6.40. The third-order valence-electron chi connectivity index (χ3n) is 1.85. The van der Waals surface area contributed by atoms with Crippen molar-refractivity contribution in [2.45, 2.75) is 45.6 Å². The number of hydrogen-bond acceptors (Lipinski definition) is 1. The maximum absolute atomic E-state index is 4.99. The summed E-state index contributed by atoms with van der Waals surface area (Å²) in [5.74, 6) is 0. The Morgan fingerprint density at radius 3 is 2.58 bits per heavy atom. The van der Waals surface area contributed by atoms with Crippen LogP contribution in [0.3, 0.4) is 0 Å². The summed E-state index contributed by atoms with van der Waals surface area (Å²) in [4.78, 5) is 0. The van der Waals surface area contributed by atoms with Crippen LogP contribution in [0.25, 0.3) is 0 Å². The second-order valence-electron chi connectivity index (χ2n) is 3.12. The van der Waals surface area contributed by atoms with Gasteiger partial charge in [-0.2, -0.15) is 0 Å². The van der Waals surface area contributed by atoms with Gasteiger partial charge in [-0.15, -0.1) is 0 Å². The maximum Gasteiger partial charge on any atom is 0.166 e. The summed E-state index contributed by atoms with van der Waals surface area (Å²) in [7, 11) is 1.84. The lowest BCUT2D eigenvalue weighted by atomic mass is 10.1. The van der Waals surface area contributed by atoms with Gasteiger partial charge in [-0.3, -0.25) is 0 Å². The fraction of sp³-hybridized carbons (Fsp3) is 0.889. The Hall–Kier alpha value is -0.310. The van der Waals surface area contributed by atoms with E-state index in [0.717, 1.165) is 5.11 Å². The largest absolute Gasteiger partial charge is 0.366 e. The van der Waals surface area contributed by atoms with Crippen LogP contribution >= 0.6 is 12.2 Å². The Kier molecular flexibility index (Phi) is 7.16. The highest BCUT2D eigenvalue weighted by molar-refractivity contribution is 7.80. The van der Waals surface area contributed by atoms with Crippen molar-refractivity contribution in [3.05, 3.63) is 0 Å². The van der Waals surface area contributed by atoms with Gasteiger partial charge >= 0.3 is 0 Å². The van der Waals surface area contributed by atoms with Crippen molar-refractivity contribution < 1.29 is 0 Å². The van der Waals surface area contributed by atoms with E-state index in [2.05, 4.69) is 24.5 Å². The van der Waals surface area contributed by atoms with Crippen molar-refractivity contribution >= 4 is 17.3 Å². The van der Waals surface area contributed by atoms with Crippen molar-refractivity contribution in [3.8, 4) is 0 Å². The topological polar surface area (TPSA) is 24.1 Å². The van der Waals surface area contributed by atoms with Gasteiger partial charge in [0.05, 0.1) is 0 Å². The van der Waals surface area contributed by atoms with Gasteiger partial charge < -0.3 is 10.6 Å².